The summed E-state index contributed by atoms with van der Waals surface area (Å²) in [4.78, 5) is 17.0. The van der Waals surface area contributed by atoms with Crippen LogP contribution in [-0.4, -0.2) is 73.7 Å². The predicted octanol–water partition coefficient (Wildman–Crippen LogP) is 0.698. The van der Waals surface area contributed by atoms with E-state index in [0.717, 1.165) is 45.3 Å². The van der Waals surface area contributed by atoms with Gasteiger partial charge in [0.1, 0.15) is 0 Å². The lowest BCUT2D eigenvalue weighted by molar-refractivity contribution is -0.126. The highest BCUT2D eigenvalue weighted by atomic mass is 16.5. The summed E-state index contributed by atoms with van der Waals surface area (Å²) in [7, 11) is 0. The van der Waals surface area contributed by atoms with Gasteiger partial charge in [-0.3, -0.25) is 14.6 Å². The molecule has 120 valence electrons. The van der Waals surface area contributed by atoms with Crippen molar-refractivity contribution in [2.75, 3.05) is 45.9 Å². The maximum Gasteiger partial charge on any atom is 0.237 e. The molecule has 1 N–H and O–H groups in total. The van der Waals surface area contributed by atoms with Gasteiger partial charge in [0.25, 0.3) is 0 Å². The van der Waals surface area contributed by atoms with Gasteiger partial charge in [-0.15, -0.1) is 0 Å². The molecular weight excluding hydrogens is 266 g/mol. The van der Waals surface area contributed by atoms with Crippen molar-refractivity contribution in [3.8, 4) is 0 Å². The number of morpholine rings is 1. The van der Waals surface area contributed by atoms with E-state index in [9.17, 15) is 4.79 Å². The summed E-state index contributed by atoms with van der Waals surface area (Å²) in [5.41, 5.74) is 0. The molecule has 3 fully saturated rings. The number of nitrogens with zero attached hydrogens (tertiary/aromatic N) is 2. The van der Waals surface area contributed by atoms with Crippen molar-refractivity contribution >= 4 is 5.91 Å². The molecule has 0 aromatic heterocycles. The van der Waals surface area contributed by atoms with Gasteiger partial charge < -0.3 is 10.1 Å². The van der Waals surface area contributed by atoms with E-state index in [0.29, 0.717) is 6.04 Å². The average molecular weight is 295 g/mol. The molecule has 0 radical (unpaired) electrons. The fraction of sp³-hybridized carbons (Fsp3) is 0.938. The molecule has 5 nitrogen and oxygen atoms in total. The SMILES string of the molecule is CC(C(=O)NC1CC1)N1CCC(CN2CCOCC2)CC1. The summed E-state index contributed by atoms with van der Waals surface area (Å²) in [6.07, 6.45) is 4.77. The molecule has 2 aliphatic heterocycles. The molecule has 1 saturated carbocycles. The predicted molar refractivity (Wildman–Crippen MR) is 82.2 cm³/mol. The van der Waals surface area contributed by atoms with Crippen LogP contribution in [0.5, 0.6) is 0 Å². The van der Waals surface area contributed by atoms with Crippen molar-refractivity contribution in [1.29, 1.82) is 0 Å². The van der Waals surface area contributed by atoms with Crippen molar-refractivity contribution in [3.63, 3.8) is 0 Å². The number of carbonyl (C=O) groups excluding carboxylic acids is 1. The van der Waals surface area contributed by atoms with Crippen LogP contribution < -0.4 is 5.32 Å². The Morgan fingerprint density at radius 1 is 1.14 bits per heavy atom. The van der Waals surface area contributed by atoms with Crippen LogP contribution in [0.4, 0.5) is 0 Å². The Morgan fingerprint density at radius 3 is 2.43 bits per heavy atom. The van der Waals surface area contributed by atoms with Crippen LogP contribution in [0.3, 0.4) is 0 Å². The Balaban J connectivity index is 1.38. The standard InChI is InChI=1S/C16H29N3O2/c1-13(16(20)17-15-2-3-15)19-6-4-14(5-7-19)12-18-8-10-21-11-9-18/h13-15H,2-12H2,1H3,(H,17,20). The van der Waals surface area contributed by atoms with E-state index in [1.807, 2.05) is 0 Å². The first-order valence-electron chi connectivity index (χ1n) is 8.57. The number of amides is 1. The first-order chi connectivity index (χ1) is 10.2. The Morgan fingerprint density at radius 2 is 1.81 bits per heavy atom. The lowest BCUT2D eigenvalue weighted by atomic mass is 9.95. The number of ether oxygens (including phenoxy) is 1. The van der Waals surface area contributed by atoms with Gasteiger partial charge in [-0.05, 0) is 51.6 Å². The third kappa shape index (κ3) is 4.41. The Bertz CT molecular complexity index is 345. The first kappa shape index (κ1) is 15.3. The van der Waals surface area contributed by atoms with Crippen molar-refractivity contribution in [2.24, 2.45) is 5.92 Å². The molecule has 1 amide bonds. The number of hydrogen-bond acceptors (Lipinski definition) is 4. The maximum absolute atomic E-state index is 12.1. The van der Waals surface area contributed by atoms with Crippen LogP contribution in [0.25, 0.3) is 0 Å². The molecule has 0 aromatic carbocycles. The fourth-order valence-corrected chi connectivity index (χ4v) is 3.39. The maximum atomic E-state index is 12.1. The van der Waals surface area contributed by atoms with Gasteiger partial charge in [0.2, 0.25) is 5.91 Å². The largest absolute Gasteiger partial charge is 0.379 e. The second-order valence-corrected chi connectivity index (χ2v) is 6.85. The van der Waals surface area contributed by atoms with Gasteiger partial charge in [0, 0.05) is 25.7 Å². The number of rotatable bonds is 5. The molecule has 2 heterocycles. The third-order valence-electron chi connectivity index (χ3n) is 5.12. The Labute approximate surface area is 128 Å². The second-order valence-electron chi connectivity index (χ2n) is 6.85. The van der Waals surface area contributed by atoms with Crippen LogP contribution in [0.1, 0.15) is 32.6 Å². The highest BCUT2D eigenvalue weighted by Crippen LogP contribution is 2.22. The van der Waals surface area contributed by atoms with Crippen molar-refractivity contribution in [2.45, 2.75) is 44.7 Å². The minimum atomic E-state index is 0.0370. The zero-order valence-corrected chi connectivity index (χ0v) is 13.2. The Hall–Kier alpha value is -0.650. The van der Waals surface area contributed by atoms with E-state index in [-0.39, 0.29) is 11.9 Å². The highest BCUT2D eigenvalue weighted by molar-refractivity contribution is 5.81. The number of hydrogen-bond donors (Lipinski definition) is 1. The molecule has 3 aliphatic rings. The van der Waals surface area contributed by atoms with Gasteiger partial charge >= 0.3 is 0 Å². The second kappa shape index (κ2) is 7.07. The van der Waals surface area contributed by atoms with Gasteiger partial charge in [-0.1, -0.05) is 0 Å². The van der Waals surface area contributed by atoms with Crippen LogP contribution >= 0.6 is 0 Å². The average Bonchev–Trinajstić information content (AvgIpc) is 3.32. The highest BCUT2D eigenvalue weighted by Gasteiger charge is 2.30. The smallest absolute Gasteiger partial charge is 0.237 e. The van der Waals surface area contributed by atoms with E-state index in [1.54, 1.807) is 0 Å². The molecule has 5 heteroatoms. The lowest BCUT2D eigenvalue weighted by Gasteiger charge is -2.38. The molecule has 0 spiro atoms. The third-order valence-corrected chi connectivity index (χ3v) is 5.12. The summed E-state index contributed by atoms with van der Waals surface area (Å²) in [5, 5.41) is 3.13. The zero-order chi connectivity index (χ0) is 14.7. The quantitative estimate of drug-likeness (QED) is 0.811. The molecule has 1 unspecified atom stereocenters. The number of piperidine rings is 1. The molecular formula is C16H29N3O2. The summed E-state index contributed by atoms with van der Waals surface area (Å²) in [5.74, 6) is 1.02. The normalized spacial score (nSPS) is 27.5. The van der Waals surface area contributed by atoms with Crippen LogP contribution in [0.15, 0.2) is 0 Å². The van der Waals surface area contributed by atoms with Crippen LogP contribution in [0, 0.1) is 5.92 Å². The van der Waals surface area contributed by atoms with Gasteiger partial charge in [0.15, 0.2) is 0 Å². The minimum Gasteiger partial charge on any atom is -0.379 e. The topological polar surface area (TPSA) is 44.8 Å². The molecule has 1 atom stereocenters. The van der Waals surface area contributed by atoms with Crippen molar-refractivity contribution in [3.05, 3.63) is 0 Å². The zero-order valence-electron chi connectivity index (χ0n) is 13.2. The number of likely N-dealkylation sites (tertiary alicyclic amines) is 1. The van der Waals surface area contributed by atoms with Crippen molar-refractivity contribution in [1.82, 2.24) is 15.1 Å². The summed E-state index contributed by atoms with van der Waals surface area (Å²) in [6, 6.07) is 0.508. The summed E-state index contributed by atoms with van der Waals surface area (Å²) < 4.78 is 5.41. The molecule has 1 aliphatic carbocycles. The monoisotopic (exact) mass is 295 g/mol. The van der Waals surface area contributed by atoms with E-state index >= 15 is 0 Å². The minimum absolute atomic E-state index is 0.0370. The molecule has 0 bridgehead atoms. The number of carbonyl (C=O) groups is 1. The number of nitrogens with one attached hydrogen (secondary N) is 1. The first-order valence-corrected chi connectivity index (χ1v) is 8.57. The Kier molecular flexibility index (Phi) is 5.14. The van der Waals surface area contributed by atoms with E-state index in [4.69, 9.17) is 4.74 Å². The van der Waals surface area contributed by atoms with E-state index in [1.165, 1.54) is 32.2 Å². The summed E-state index contributed by atoms with van der Waals surface area (Å²) >= 11 is 0. The fourth-order valence-electron chi connectivity index (χ4n) is 3.39. The van der Waals surface area contributed by atoms with Crippen LogP contribution in [-0.2, 0) is 9.53 Å². The van der Waals surface area contributed by atoms with Crippen LogP contribution in [0.2, 0.25) is 0 Å². The molecule has 3 rings (SSSR count). The van der Waals surface area contributed by atoms with E-state index in [2.05, 4.69) is 22.0 Å². The molecule has 0 aromatic rings. The van der Waals surface area contributed by atoms with Crippen molar-refractivity contribution < 1.29 is 9.53 Å². The summed E-state index contributed by atoms with van der Waals surface area (Å²) in [6.45, 7) is 9.33. The lowest BCUT2D eigenvalue weighted by Crippen LogP contribution is -2.50. The molecule has 2 saturated heterocycles. The van der Waals surface area contributed by atoms with Gasteiger partial charge in [0.05, 0.1) is 19.3 Å². The van der Waals surface area contributed by atoms with E-state index < -0.39 is 0 Å². The van der Waals surface area contributed by atoms with Gasteiger partial charge in [-0.25, -0.2) is 0 Å². The van der Waals surface area contributed by atoms with Gasteiger partial charge in [-0.2, -0.15) is 0 Å². The molecule has 21 heavy (non-hydrogen) atoms.